The molecule has 1 heterocycles. The van der Waals surface area contributed by atoms with Gasteiger partial charge in [0, 0.05) is 24.1 Å². The molecule has 1 aromatic heterocycles. The summed E-state index contributed by atoms with van der Waals surface area (Å²) in [6.07, 6.45) is 3.63. The third-order valence-electron chi connectivity index (χ3n) is 4.01. The summed E-state index contributed by atoms with van der Waals surface area (Å²) in [4.78, 5) is 12.1. The van der Waals surface area contributed by atoms with Crippen LogP contribution < -0.4 is 10.6 Å². The van der Waals surface area contributed by atoms with Crippen molar-refractivity contribution < 1.29 is 4.79 Å². The Kier molecular flexibility index (Phi) is 5.42. The lowest BCUT2D eigenvalue weighted by atomic mass is 10.1. The topological polar surface area (TPSA) is 82.7 Å². The Morgan fingerprint density at radius 2 is 2.04 bits per heavy atom. The summed E-state index contributed by atoms with van der Waals surface area (Å²) in [7, 11) is 0. The molecule has 1 atom stereocenters. The number of benzene rings is 2. The van der Waals surface area contributed by atoms with E-state index in [-0.39, 0.29) is 18.5 Å². The quantitative estimate of drug-likeness (QED) is 0.719. The molecule has 0 saturated carbocycles. The molecule has 6 heteroatoms. The Labute approximate surface area is 152 Å². The first-order valence-electron chi connectivity index (χ1n) is 8.29. The van der Waals surface area contributed by atoms with E-state index < -0.39 is 0 Å². The zero-order valence-electron chi connectivity index (χ0n) is 14.4. The molecule has 0 spiro atoms. The number of anilines is 1. The van der Waals surface area contributed by atoms with Crippen molar-refractivity contribution in [3.05, 3.63) is 78.1 Å². The van der Waals surface area contributed by atoms with Gasteiger partial charge >= 0.3 is 0 Å². The number of aromatic nitrogens is 2. The number of amides is 1. The normalized spacial score (nSPS) is 11.5. The van der Waals surface area contributed by atoms with Gasteiger partial charge in [-0.2, -0.15) is 10.4 Å². The summed E-state index contributed by atoms with van der Waals surface area (Å²) in [5.74, 6) is -0.153. The van der Waals surface area contributed by atoms with Crippen LogP contribution in [0, 0.1) is 11.3 Å². The maximum Gasteiger partial charge on any atom is 0.238 e. The van der Waals surface area contributed by atoms with E-state index in [1.165, 1.54) is 0 Å². The Morgan fingerprint density at radius 1 is 1.23 bits per heavy atom. The highest BCUT2D eigenvalue weighted by Crippen LogP contribution is 2.15. The van der Waals surface area contributed by atoms with E-state index in [1.54, 1.807) is 35.1 Å². The summed E-state index contributed by atoms with van der Waals surface area (Å²) in [6, 6.07) is 18.8. The lowest BCUT2D eigenvalue weighted by Crippen LogP contribution is -2.30. The maximum atomic E-state index is 12.1. The van der Waals surface area contributed by atoms with E-state index in [9.17, 15) is 4.79 Å². The van der Waals surface area contributed by atoms with Gasteiger partial charge in [0.05, 0.1) is 23.9 Å². The minimum Gasteiger partial charge on any atom is -0.325 e. The highest BCUT2D eigenvalue weighted by atomic mass is 16.1. The van der Waals surface area contributed by atoms with Crippen molar-refractivity contribution in [2.24, 2.45) is 0 Å². The highest BCUT2D eigenvalue weighted by Gasteiger charge is 2.09. The SMILES string of the molecule is C[C@H](NCC(=O)Nc1cccc(C#N)c1)c1ccc(-n2cccn2)cc1. The first kappa shape index (κ1) is 17.4. The summed E-state index contributed by atoms with van der Waals surface area (Å²) in [5.41, 5.74) is 3.20. The average molecular weight is 345 g/mol. The van der Waals surface area contributed by atoms with Gasteiger partial charge in [0.25, 0.3) is 0 Å². The first-order valence-corrected chi connectivity index (χ1v) is 8.29. The second-order valence-corrected chi connectivity index (χ2v) is 5.89. The Balaban J connectivity index is 1.54. The molecular weight excluding hydrogens is 326 g/mol. The van der Waals surface area contributed by atoms with Gasteiger partial charge in [-0.05, 0) is 48.9 Å². The number of carbonyl (C=O) groups is 1. The Morgan fingerprint density at radius 3 is 2.73 bits per heavy atom. The number of rotatable bonds is 6. The number of hydrogen-bond donors (Lipinski definition) is 2. The largest absolute Gasteiger partial charge is 0.325 e. The van der Waals surface area contributed by atoms with Crippen LogP contribution in [0.5, 0.6) is 0 Å². The van der Waals surface area contributed by atoms with Gasteiger partial charge in [0.2, 0.25) is 5.91 Å². The van der Waals surface area contributed by atoms with Crippen LogP contribution in [0.15, 0.2) is 67.0 Å². The van der Waals surface area contributed by atoms with Crippen molar-refractivity contribution in [2.75, 3.05) is 11.9 Å². The molecule has 0 aliphatic rings. The zero-order valence-corrected chi connectivity index (χ0v) is 14.4. The van der Waals surface area contributed by atoms with E-state index >= 15 is 0 Å². The van der Waals surface area contributed by atoms with Crippen molar-refractivity contribution >= 4 is 11.6 Å². The fourth-order valence-corrected chi connectivity index (χ4v) is 2.57. The lowest BCUT2D eigenvalue weighted by molar-refractivity contribution is -0.115. The molecule has 0 aliphatic carbocycles. The van der Waals surface area contributed by atoms with Crippen molar-refractivity contribution in [2.45, 2.75) is 13.0 Å². The molecule has 26 heavy (non-hydrogen) atoms. The van der Waals surface area contributed by atoms with Gasteiger partial charge in [-0.25, -0.2) is 4.68 Å². The molecule has 0 radical (unpaired) electrons. The fourth-order valence-electron chi connectivity index (χ4n) is 2.57. The number of nitrogens with zero attached hydrogens (tertiary/aromatic N) is 3. The molecule has 2 N–H and O–H groups in total. The first-order chi connectivity index (χ1) is 12.7. The lowest BCUT2D eigenvalue weighted by Gasteiger charge is -2.15. The van der Waals surface area contributed by atoms with Gasteiger partial charge in [0.15, 0.2) is 0 Å². The zero-order chi connectivity index (χ0) is 18.4. The van der Waals surface area contributed by atoms with Crippen LogP contribution in [0.3, 0.4) is 0 Å². The van der Waals surface area contributed by atoms with Crippen molar-refractivity contribution in [3.63, 3.8) is 0 Å². The standard InChI is InChI=1S/C20H19N5O/c1-15(17-6-8-19(9-7-17)25-11-3-10-23-25)22-14-20(26)24-18-5-2-4-16(12-18)13-21/h2-12,15,22H,14H2,1H3,(H,24,26)/t15-/m0/s1. The minimum absolute atomic E-state index is 0.0258. The summed E-state index contributed by atoms with van der Waals surface area (Å²) in [5, 5.41) is 19.1. The van der Waals surface area contributed by atoms with Crippen LogP contribution in [0.1, 0.15) is 24.1 Å². The monoisotopic (exact) mass is 345 g/mol. The molecule has 0 aliphatic heterocycles. The summed E-state index contributed by atoms with van der Waals surface area (Å²) < 4.78 is 1.80. The molecule has 1 amide bonds. The van der Waals surface area contributed by atoms with E-state index in [1.807, 2.05) is 43.5 Å². The predicted molar refractivity (Wildman–Crippen MR) is 99.8 cm³/mol. The van der Waals surface area contributed by atoms with E-state index in [0.717, 1.165) is 11.3 Å². The van der Waals surface area contributed by atoms with Crippen molar-refractivity contribution in [3.8, 4) is 11.8 Å². The molecule has 3 rings (SSSR count). The molecular formula is C20H19N5O. The average Bonchev–Trinajstić information content (AvgIpc) is 3.21. The second-order valence-electron chi connectivity index (χ2n) is 5.89. The van der Waals surface area contributed by atoms with Crippen LogP contribution in [-0.2, 0) is 4.79 Å². The molecule has 3 aromatic rings. The predicted octanol–water partition coefficient (Wildman–Crippen LogP) is 3.03. The van der Waals surface area contributed by atoms with Crippen LogP contribution in [0.2, 0.25) is 0 Å². The molecule has 2 aromatic carbocycles. The number of hydrogen-bond acceptors (Lipinski definition) is 4. The van der Waals surface area contributed by atoms with Gasteiger partial charge in [-0.3, -0.25) is 4.79 Å². The van der Waals surface area contributed by atoms with Crippen molar-refractivity contribution in [1.82, 2.24) is 15.1 Å². The molecule has 0 saturated heterocycles. The van der Waals surface area contributed by atoms with E-state index in [4.69, 9.17) is 5.26 Å². The summed E-state index contributed by atoms with van der Waals surface area (Å²) in [6.45, 7) is 2.19. The minimum atomic E-state index is -0.153. The Hall–Kier alpha value is -3.43. The number of nitrogens with one attached hydrogen (secondary N) is 2. The van der Waals surface area contributed by atoms with Crippen LogP contribution in [-0.4, -0.2) is 22.2 Å². The van der Waals surface area contributed by atoms with Crippen LogP contribution in [0.25, 0.3) is 5.69 Å². The smallest absolute Gasteiger partial charge is 0.238 e. The van der Waals surface area contributed by atoms with Crippen LogP contribution in [0.4, 0.5) is 5.69 Å². The third kappa shape index (κ3) is 4.35. The van der Waals surface area contributed by atoms with E-state index in [0.29, 0.717) is 11.3 Å². The fraction of sp³-hybridized carbons (Fsp3) is 0.150. The maximum absolute atomic E-state index is 12.1. The van der Waals surface area contributed by atoms with Gasteiger partial charge < -0.3 is 10.6 Å². The molecule has 130 valence electrons. The van der Waals surface area contributed by atoms with Crippen LogP contribution >= 0.6 is 0 Å². The van der Waals surface area contributed by atoms with E-state index in [2.05, 4.69) is 21.8 Å². The number of carbonyl (C=O) groups excluding carboxylic acids is 1. The molecule has 0 fully saturated rings. The number of nitriles is 1. The summed E-state index contributed by atoms with van der Waals surface area (Å²) >= 11 is 0. The van der Waals surface area contributed by atoms with Gasteiger partial charge in [-0.15, -0.1) is 0 Å². The highest BCUT2D eigenvalue weighted by molar-refractivity contribution is 5.92. The van der Waals surface area contributed by atoms with Gasteiger partial charge in [-0.1, -0.05) is 18.2 Å². The molecule has 0 bridgehead atoms. The molecule has 6 nitrogen and oxygen atoms in total. The second kappa shape index (κ2) is 8.10. The van der Waals surface area contributed by atoms with Gasteiger partial charge in [0.1, 0.15) is 0 Å². The van der Waals surface area contributed by atoms with Crippen molar-refractivity contribution in [1.29, 1.82) is 5.26 Å². The third-order valence-corrected chi connectivity index (χ3v) is 4.01. The Bertz CT molecular complexity index is 910. The molecule has 0 unspecified atom stereocenters.